The van der Waals surface area contributed by atoms with Crippen LogP contribution in [0.5, 0.6) is 0 Å². The molecule has 0 spiro atoms. The highest BCUT2D eigenvalue weighted by molar-refractivity contribution is 6.05. The Balaban J connectivity index is 1.28. The van der Waals surface area contributed by atoms with Crippen LogP contribution in [0.25, 0.3) is 0 Å². The summed E-state index contributed by atoms with van der Waals surface area (Å²) in [6, 6.07) is 19.6. The fraction of sp³-hybridized carbons (Fsp3) is 0.231. The number of allylic oxidation sites excluding steroid dienone is 1. The van der Waals surface area contributed by atoms with E-state index in [4.69, 9.17) is 5.73 Å². The first-order chi connectivity index (χ1) is 15.2. The summed E-state index contributed by atoms with van der Waals surface area (Å²) in [5, 5.41) is 6.46. The number of hydrogen-bond acceptors (Lipinski definition) is 4. The maximum Gasteiger partial charge on any atom is 0.255 e. The number of aryl methyl sites for hydroxylation is 1. The van der Waals surface area contributed by atoms with Gasteiger partial charge in [-0.15, -0.1) is 0 Å². The number of rotatable bonds is 7. The average molecular weight is 413 g/mol. The van der Waals surface area contributed by atoms with Crippen molar-refractivity contribution in [1.82, 2.24) is 4.98 Å². The summed E-state index contributed by atoms with van der Waals surface area (Å²) in [4.78, 5) is 16.7. The van der Waals surface area contributed by atoms with Gasteiger partial charge in [-0.3, -0.25) is 9.78 Å². The molecular formula is C26H28N4O. The highest BCUT2D eigenvalue weighted by Crippen LogP contribution is 2.25. The van der Waals surface area contributed by atoms with Crippen LogP contribution >= 0.6 is 0 Å². The second-order valence-corrected chi connectivity index (χ2v) is 8.02. The number of nitrogens with two attached hydrogens (primary N) is 1. The smallest absolute Gasteiger partial charge is 0.255 e. The van der Waals surface area contributed by atoms with Gasteiger partial charge in [-0.05, 0) is 73.6 Å². The fourth-order valence-corrected chi connectivity index (χ4v) is 3.97. The summed E-state index contributed by atoms with van der Waals surface area (Å²) < 4.78 is 0. The summed E-state index contributed by atoms with van der Waals surface area (Å²) in [6.45, 7) is 0. The molecule has 4 rings (SSSR count). The lowest BCUT2D eigenvalue weighted by Crippen LogP contribution is -2.25. The Bertz CT molecular complexity index is 1030. The topological polar surface area (TPSA) is 80.0 Å². The predicted molar refractivity (Wildman–Crippen MR) is 127 cm³/mol. The zero-order chi connectivity index (χ0) is 21.5. The molecule has 31 heavy (non-hydrogen) atoms. The van der Waals surface area contributed by atoms with Crippen molar-refractivity contribution in [3.05, 3.63) is 96.3 Å². The van der Waals surface area contributed by atoms with Gasteiger partial charge in [0.25, 0.3) is 5.91 Å². The molecule has 0 bridgehead atoms. The summed E-state index contributed by atoms with van der Waals surface area (Å²) in [5.41, 5.74) is 10.0. The number of para-hydroxylation sites is 2. The van der Waals surface area contributed by atoms with Crippen molar-refractivity contribution in [2.45, 2.75) is 31.7 Å². The molecule has 1 aromatic heterocycles. The van der Waals surface area contributed by atoms with Crippen LogP contribution in [0.2, 0.25) is 0 Å². The second kappa shape index (κ2) is 9.94. The second-order valence-electron chi connectivity index (χ2n) is 8.02. The zero-order valence-corrected chi connectivity index (χ0v) is 17.5. The molecule has 5 nitrogen and oxygen atoms in total. The number of aromatic nitrogens is 1. The SMILES string of the molecule is Nc1ccccc1NC(=O)c1ccc(CCC2C=CCC(Nc3cccnc3)C2)cc1. The number of carbonyl (C=O) groups is 1. The zero-order valence-electron chi connectivity index (χ0n) is 17.5. The number of nitrogen functional groups attached to an aromatic ring is 1. The van der Waals surface area contributed by atoms with E-state index in [0.29, 0.717) is 28.9 Å². The normalized spacial score (nSPS) is 17.8. The number of benzene rings is 2. The van der Waals surface area contributed by atoms with Crippen molar-refractivity contribution in [3.8, 4) is 0 Å². The largest absolute Gasteiger partial charge is 0.397 e. The standard InChI is InChI=1S/C26H28N4O/c27-24-8-1-2-9-25(24)30-26(31)21-14-12-19(13-15-21)10-11-20-5-3-6-22(17-20)29-23-7-4-16-28-18-23/h1-5,7-9,12-16,18,20,22,29H,6,10-11,17,27H2,(H,30,31). The van der Waals surface area contributed by atoms with Crippen molar-refractivity contribution in [2.24, 2.45) is 5.92 Å². The highest BCUT2D eigenvalue weighted by Gasteiger charge is 2.18. The minimum atomic E-state index is -0.149. The number of carbonyl (C=O) groups excluding carboxylic acids is 1. The molecule has 158 valence electrons. The van der Waals surface area contributed by atoms with Crippen LogP contribution < -0.4 is 16.4 Å². The van der Waals surface area contributed by atoms with Gasteiger partial charge < -0.3 is 16.4 Å². The number of anilines is 3. The van der Waals surface area contributed by atoms with E-state index in [1.807, 2.05) is 48.7 Å². The van der Waals surface area contributed by atoms with Gasteiger partial charge >= 0.3 is 0 Å². The van der Waals surface area contributed by atoms with E-state index in [9.17, 15) is 4.79 Å². The van der Waals surface area contributed by atoms with Gasteiger partial charge in [0.05, 0.1) is 17.1 Å². The molecule has 1 amide bonds. The van der Waals surface area contributed by atoms with Crippen LogP contribution in [0.3, 0.4) is 0 Å². The van der Waals surface area contributed by atoms with Crippen LogP contribution in [0.15, 0.2) is 85.2 Å². The van der Waals surface area contributed by atoms with Crippen LogP contribution in [0, 0.1) is 5.92 Å². The number of amides is 1. The van der Waals surface area contributed by atoms with Crippen LogP contribution in [0.4, 0.5) is 17.1 Å². The van der Waals surface area contributed by atoms with E-state index in [1.165, 1.54) is 5.56 Å². The number of nitrogens with zero attached hydrogens (tertiary/aromatic N) is 1. The Morgan fingerprint density at radius 1 is 1.06 bits per heavy atom. The first-order valence-corrected chi connectivity index (χ1v) is 10.8. The summed E-state index contributed by atoms with van der Waals surface area (Å²) in [7, 11) is 0. The predicted octanol–water partition coefficient (Wildman–Crippen LogP) is 5.30. The molecule has 2 atom stereocenters. The third kappa shape index (κ3) is 5.72. The third-order valence-corrected chi connectivity index (χ3v) is 5.68. The first kappa shape index (κ1) is 20.7. The van der Waals surface area contributed by atoms with E-state index in [1.54, 1.807) is 18.3 Å². The molecule has 0 saturated carbocycles. The van der Waals surface area contributed by atoms with Gasteiger partial charge in [0.2, 0.25) is 0 Å². The van der Waals surface area contributed by atoms with E-state index >= 15 is 0 Å². The molecule has 0 saturated heterocycles. The molecule has 2 unspecified atom stereocenters. The lowest BCUT2D eigenvalue weighted by molar-refractivity contribution is 0.102. The van der Waals surface area contributed by atoms with Crippen LogP contribution in [-0.2, 0) is 6.42 Å². The van der Waals surface area contributed by atoms with E-state index < -0.39 is 0 Å². The van der Waals surface area contributed by atoms with Gasteiger partial charge in [0, 0.05) is 24.0 Å². The van der Waals surface area contributed by atoms with Gasteiger partial charge in [0.1, 0.15) is 0 Å². The Morgan fingerprint density at radius 3 is 2.68 bits per heavy atom. The Hall–Kier alpha value is -3.60. The van der Waals surface area contributed by atoms with Crippen molar-refractivity contribution in [3.63, 3.8) is 0 Å². The van der Waals surface area contributed by atoms with Crippen LogP contribution in [0.1, 0.15) is 35.2 Å². The van der Waals surface area contributed by atoms with Crippen molar-refractivity contribution >= 4 is 23.0 Å². The van der Waals surface area contributed by atoms with Crippen molar-refractivity contribution < 1.29 is 4.79 Å². The average Bonchev–Trinajstić information content (AvgIpc) is 2.80. The lowest BCUT2D eigenvalue weighted by atomic mass is 9.87. The molecule has 5 heteroatoms. The molecule has 0 radical (unpaired) electrons. The number of hydrogen-bond donors (Lipinski definition) is 3. The molecule has 4 N–H and O–H groups in total. The quantitative estimate of drug-likeness (QED) is 0.364. The molecular weight excluding hydrogens is 384 g/mol. The summed E-state index contributed by atoms with van der Waals surface area (Å²) >= 11 is 0. The maximum absolute atomic E-state index is 12.5. The minimum Gasteiger partial charge on any atom is -0.397 e. The Morgan fingerprint density at radius 2 is 1.90 bits per heavy atom. The molecule has 1 aliphatic carbocycles. The minimum absolute atomic E-state index is 0.149. The lowest BCUT2D eigenvalue weighted by Gasteiger charge is -2.26. The third-order valence-electron chi connectivity index (χ3n) is 5.68. The molecule has 1 aliphatic rings. The van der Waals surface area contributed by atoms with E-state index in [-0.39, 0.29) is 5.91 Å². The first-order valence-electron chi connectivity index (χ1n) is 10.8. The summed E-state index contributed by atoms with van der Waals surface area (Å²) in [5.74, 6) is 0.399. The maximum atomic E-state index is 12.5. The number of nitrogens with one attached hydrogen (secondary N) is 2. The highest BCUT2D eigenvalue weighted by atomic mass is 16.1. The molecule has 2 aromatic carbocycles. The van der Waals surface area contributed by atoms with Crippen molar-refractivity contribution in [1.29, 1.82) is 0 Å². The molecule has 3 aromatic rings. The summed E-state index contributed by atoms with van der Waals surface area (Å²) in [6.07, 6.45) is 12.5. The van der Waals surface area contributed by atoms with Crippen LogP contribution in [-0.4, -0.2) is 16.9 Å². The number of pyridine rings is 1. The molecule has 0 fully saturated rings. The Labute approximate surface area is 183 Å². The van der Waals surface area contributed by atoms with Gasteiger partial charge in [0.15, 0.2) is 0 Å². The van der Waals surface area contributed by atoms with Gasteiger partial charge in [-0.1, -0.05) is 36.4 Å². The van der Waals surface area contributed by atoms with Gasteiger partial charge in [-0.25, -0.2) is 0 Å². The molecule has 1 heterocycles. The van der Waals surface area contributed by atoms with Crippen molar-refractivity contribution in [2.75, 3.05) is 16.4 Å². The Kier molecular flexibility index (Phi) is 6.62. The van der Waals surface area contributed by atoms with E-state index in [2.05, 4.69) is 33.8 Å². The monoisotopic (exact) mass is 412 g/mol. The molecule has 0 aliphatic heterocycles. The fourth-order valence-electron chi connectivity index (χ4n) is 3.97. The van der Waals surface area contributed by atoms with E-state index in [0.717, 1.165) is 31.4 Å². The van der Waals surface area contributed by atoms with Gasteiger partial charge in [-0.2, -0.15) is 0 Å².